The minimum absolute atomic E-state index is 0.121. The summed E-state index contributed by atoms with van der Waals surface area (Å²) in [4.78, 5) is 37.8. The number of benzene rings is 1. The van der Waals surface area contributed by atoms with Crippen molar-refractivity contribution in [1.82, 2.24) is 4.90 Å². The number of ketones is 1. The fourth-order valence-electron chi connectivity index (χ4n) is 5.67. The highest BCUT2D eigenvalue weighted by Crippen LogP contribution is 2.27. The molecular weight excluding hydrogens is 534 g/mol. The fraction of sp³-hybridized carbons (Fsp3) is 0.618. The topological polar surface area (TPSA) is 135 Å². The minimum atomic E-state index is -2.82. The van der Waals surface area contributed by atoms with Crippen LogP contribution in [0.5, 0.6) is 5.75 Å². The van der Waals surface area contributed by atoms with Crippen LogP contribution < -0.4 is 0 Å². The van der Waals surface area contributed by atoms with E-state index in [-0.39, 0.29) is 13.0 Å². The van der Waals surface area contributed by atoms with Gasteiger partial charge in [0.25, 0.3) is 11.7 Å². The Morgan fingerprint density at radius 1 is 1.00 bits per heavy atom. The lowest BCUT2D eigenvalue weighted by Gasteiger charge is -2.35. The molecule has 4 N–H and O–H groups in total. The van der Waals surface area contributed by atoms with Crippen LogP contribution in [0.25, 0.3) is 0 Å². The number of hydrogen-bond donors (Lipinski definition) is 4. The summed E-state index contributed by atoms with van der Waals surface area (Å²) in [5.74, 6) is -6.07. The molecule has 234 valence electrons. The second-order valence-electron chi connectivity index (χ2n) is 12.2. The van der Waals surface area contributed by atoms with Gasteiger partial charge in [0.2, 0.25) is 5.79 Å². The van der Waals surface area contributed by atoms with Gasteiger partial charge in [-0.25, -0.2) is 4.79 Å². The molecule has 1 aromatic carbocycles. The third-order valence-electron chi connectivity index (χ3n) is 8.29. The number of nitrogens with zero attached hydrogens (tertiary/aromatic N) is 1. The SMILES string of the molecule is CC(C/C=C/C/C=C/CCCc1cccc(O)c1)CC(C)CCCC(C)C(O)(O)C(=O)C(=O)N1CCCCC1C(=O)O. The van der Waals surface area contributed by atoms with Gasteiger partial charge in [0, 0.05) is 12.5 Å². The number of likely N-dealkylation sites (tertiary alicyclic amines) is 1. The van der Waals surface area contributed by atoms with E-state index in [1.54, 1.807) is 6.07 Å². The molecule has 1 aliphatic heterocycles. The van der Waals surface area contributed by atoms with Crippen LogP contribution in [0.1, 0.15) is 97.0 Å². The summed E-state index contributed by atoms with van der Waals surface area (Å²) in [5, 5.41) is 40.0. The first-order valence-electron chi connectivity index (χ1n) is 15.5. The van der Waals surface area contributed by atoms with Crippen molar-refractivity contribution in [3.05, 3.63) is 54.1 Å². The number of carbonyl (C=O) groups is 3. The molecule has 8 heteroatoms. The van der Waals surface area contributed by atoms with Crippen LogP contribution in [-0.4, -0.2) is 61.4 Å². The molecule has 2 rings (SSSR count). The van der Waals surface area contributed by atoms with E-state index in [0.29, 0.717) is 43.3 Å². The van der Waals surface area contributed by atoms with E-state index in [2.05, 4.69) is 38.2 Å². The number of carboxylic acids is 1. The molecule has 4 unspecified atom stereocenters. The lowest BCUT2D eigenvalue weighted by Crippen LogP contribution is -2.57. The number of aliphatic hydroxyl groups is 2. The Kier molecular flexibility index (Phi) is 15.0. The Balaban J connectivity index is 1.63. The third kappa shape index (κ3) is 11.7. The van der Waals surface area contributed by atoms with E-state index in [4.69, 9.17) is 0 Å². The highest BCUT2D eigenvalue weighted by Gasteiger charge is 2.46. The summed E-state index contributed by atoms with van der Waals surface area (Å²) in [6, 6.07) is 6.30. The van der Waals surface area contributed by atoms with Crippen LogP contribution in [0, 0.1) is 17.8 Å². The smallest absolute Gasteiger partial charge is 0.326 e. The maximum Gasteiger partial charge on any atom is 0.326 e. The number of piperidine rings is 1. The number of carboxylic acid groups (broad SMARTS) is 1. The van der Waals surface area contributed by atoms with Gasteiger partial charge in [0.15, 0.2) is 0 Å². The monoisotopic (exact) mass is 585 g/mol. The van der Waals surface area contributed by atoms with Crippen LogP contribution in [0.2, 0.25) is 0 Å². The summed E-state index contributed by atoms with van der Waals surface area (Å²) < 4.78 is 0. The molecular formula is C34H51NO7. The number of amides is 1. The number of unbranched alkanes of at least 4 members (excludes halogenated alkanes) is 1. The molecule has 0 spiro atoms. The van der Waals surface area contributed by atoms with Crippen molar-refractivity contribution in [2.75, 3.05) is 6.54 Å². The Labute approximate surface area is 251 Å². The molecule has 0 bridgehead atoms. The maximum atomic E-state index is 12.7. The first kappa shape index (κ1) is 35.2. The normalized spacial score (nSPS) is 18.3. The van der Waals surface area contributed by atoms with Gasteiger partial charge in [-0.1, -0.05) is 70.0 Å². The summed E-state index contributed by atoms with van der Waals surface area (Å²) in [7, 11) is 0. The first-order chi connectivity index (χ1) is 19.9. The quantitative estimate of drug-likeness (QED) is 0.0741. The van der Waals surface area contributed by atoms with Crippen LogP contribution >= 0.6 is 0 Å². The largest absolute Gasteiger partial charge is 0.508 e. The van der Waals surface area contributed by atoms with Crippen molar-refractivity contribution in [2.24, 2.45) is 17.8 Å². The summed E-state index contributed by atoms with van der Waals surface area (Å²) >= 11 is 0. The average molecular weight is 586 g/mol. The molecule has 0 radical (unpaired) electrons. The van der Waals surface area contributed by atoms with Crippen LogP contribution in [-0.2, 0) is 20.8 Å². The number of hydrogen-bond acceptors (Lipinski definition) is 6. The molecule has 0 saturated carbocycles. The number of carbonyl (C=O) groups excluding carboxylic acids is 2. The van der Waals surface area contributed by atoms with Gasteiger partial charge in [-0.3, -0.25) is 9.59 Å². The maximum absolute atomic E-state index is 12.7. The van der Waals surface area contributed by atoms with Crippen LogP contribution in [0.4, 0.5) is 0 Å². The van der Waals surface area contributed by atoms with E-state index in [1.165, 1.54) is 6.92 Å². The number of aromatic hydroxyl groups is 1. The number of Topliss-reactive ketones (excluding diaryl/α,β-unsaturated/α-hetero) is 1. The minimum Gasteiger partial charge on any atom is -0.508 e. The number of allylic oxidation sites excluding steroid dienone is 4. The molecule has 1 fully saturated rings. The van der Waals surface area contributed by atoms with Gasteiger partial charge in [-0.05, 0) is 93.7 Å². The van der Waals surface area contributed by atoms with Gasteiger partial charge in [-0.2, -0.15) is 0 Å². The van der Waals surface area contributed by atoms with Gasteiger partial charge in [0.05, 0.1) is 0 Å². The average Bonchev–Trinajstić information content (AvgIpc) is 2.95. The Morgan fingerprint density at radius 2 is 1.74 bits per heavy atom. The van der Waals surface area contributed by atoms with Gasteiger partial charge >= 0.3 is 5.97 Å². The number of phenolic OH excluding ortho intramolecular Hbond substituents is 1. The molecule has 4 atom stereocenters. The van der Waals surface area contributed by atoms with Crippen molar-refractivity contribution < 1.29 is 34.8 Å². The van der Waals surface area contributed by atoms with Crippen molar-refractivity contribution in [3.63, 3.8) is 0 Å². The second-order valence-corrected chi connectivity index (χ2v) is 12.2. The third-order valence-corrected chi connectivity index (χ3v) is 8.29. The zero-order valence-corrected chi connectivity index (χ0v) is 25.6. The number of aliphatic carboxylic acids is 1. The van der Waals surface area contributed by atoms with Crippen molar-refractivity contribution in [2.45, 2.75) is 110 Å². The highest BCUT2D eigenvalue weighted by molar-refractivity contribution is 6.39. The summed E-state index contributed by atoms with van der Waals surface area (Å²) in [5.41, 5.74) is 1.16. The van der Waals surface area contributed by atoms with Gasteiger partial charge in [-0.15, -0.1) is 0 Å². The zero-order chi connectivity index (χ0) is 31.1. The van der Waals surface area contributed by atoms with Gasteiger partial charge in [0.1, 0.15) is 11.8 Å². The molecule has 0 aliphatic carbocycles. The van der Waals surface area contributed by atoms with Gasteiger partial charge < -0.3 is 25.3 Å². The van der Waals surface area contributed by atoms with Crippen molar-refractivity contribution >= 4 is 17.7 Å². The fourth-order valence-corrected chi connectivity index (χ4v) is 5.67. The molecule has 1 saturated heterocycles. The molecule has 1 aliphatic rings. The number of phenols is 1. The Morgan fingerprint density at radius 3 is 2.45 bits per heavy atom. The molecule has 8 nitrogen and oxygen atoms in total. The Hall–Kier alpha value is -2.97. The molecule has 1 aromatic rings. The number of rotatable bonds is 18. The lowest BCUT2D eigenvalue weighted by molar-refractivity contribution is -0.205. The first-order valence-corrected chi connectivity index (χ1v) is 15.5. The summed E-state index contributed by atoms with van der Waals surface area (Å²) in [6.07, 6.45) is 18.2. The van der Waals surface area contributed by atoms with Crippen LogP contribution in [0.15, 0.2) is 48.6 Å². The summed E-state index contributed by atoms with van der Waals surface area (Å²) in [6.45, 7) is 6.06. The van der Waals surface area contributed by atoms with E-state index < -0.39 is 35.4 Å². The molecule has 1 amide bonds. The Bertz CT molecular complexity index is 1060. The standard InChI is InChI=1S/C34H51NO7/c1-25(15-9-7-5-4-6-8-10-18-28-19-14-20-29(36)24-28)23-26(2)16-13-17-27(3)34(41,42)31(37)32(38)35-22-12-11-21-30(35)33(39)40/h4,6-7,9,14,19-20,24-27,30,36,41-42H,5,8,10-13,15-18,21-23H2,1-3H3,(H,39,40)/b6-4+,9-7+. The van der Waals surface area contributed by atoms with E-state index in [1.807, 2.05) is 18.2 Å². The molecule has 0 aromatic heterocycles. The van der Waals surface area contributed by atoms with Crippen LogP contribution in [0.3, 0.4) is 0 Å². The van der Waals surface area contributed by atoms with E-state index in [9.17, 15) is 34.8 Å². The van der Waals surface area contributed by atoms with Crippen molar-refractivity contribution in [3.8, 4) is 5.75 Å². The predicted octanol–water partition coefficient (Wildman–Crippen LogP) is 5.79. The molecule has 42 heavy (non-hydrogen) atoms. The number of aryl methyl sites for hydroxylation is 1. The second kappa shape index (κ2) is 17.9. The molecule has 1 heterocycles. The van der Waals surface area contributed by atoms with Crippen molar-refractivity contribution in [1.29, 1.82) is 0 Å². The van der Waals surface area contributed by atoms with E-state index in [0.717, 1.165) is 55.4 Å². The lowest BCUT2D eigenvalue weighted by atomic mass is 9.86. The van der Waals surface area contributed by atoms with E-state index >= 15 is 0 Å². The highest BCUT2D eigenvalue weighted by atomic mass is 16.5. The zero-order valence-electron chi connectivity index (χ0n) is 25.6. The predicted molar refractivity (Wildman–Crippen MR) is 164 cm³/mol.